The number of methoxy groups -OCH3 is 1. The maximum absolute atomic E-state index is 12.8. The molecule has 2 aromatic rings. The Balaban J connectivity index is 1.63. The molecule has 1 aliphatic rings. The lowest BCUT2D eigenvalue weighted by atomic mass is 9.89. The molecule has 1 saturated heterocycles. The van der Waals surface area contributed by atoms with Crippen LogP contribution in [0.25, 0.3) is 0 Å². The number of amides is 1. The van der Waals surface area contributed by atoms with Crippen molar-refractivity contribution in [1.82, 2.24) is 4.90 Å². The summed E-state index contributed by atoms with van der Waals surface area (Å²) in [5.41, 5.74) is 2.54. The lowest BCUT2D eigenvalue weighted by molar-refractivity contribution is -0.131. The van der Waals surface area contributed by atoms with Crippen LogP contribution in [0.1, 0.15) is 47.2 Å². The Morgan fingerprint density at radius 2 is 1.78 bits per heavy atom. The Hall–Kier alpha value is -2.82. The molecule has 1 fully saturated rings. The molecule has 0 aliphatic carbocycles. The number of hydrogen-bond acceptors (Lipinski definition) is 4. The van der Waals surface area contributed by atoms with Crippen molar-refractivity contribution in [2.75, 3.05) is 20.2 Å². The second-order valence-electron chi connectivity index (χ2n) is 7.01. The lowest BCUT2D eigenvalue weighted by Gasteiger charge is -2.32. The molecular weight excluding hydrogens is 342 g/mol. The monoisotopic (exact) mass is 367 g/mol. The number of carbonyl (C=O) groups is 2. The Morgan fingerprint density at radius 1 is 1.11 bits per heavy atom. The highest BCUT2D eigenvalue weighted by Crippen LogP contribution is 2.30. The third-order valence-corrected chi connectivity index (χ3v) is 5.24. The first-order chi connectivity index (χ1) is 13.0. The number of hydrogen-bond donors (Lipinski definition) is 1. The summed E-state index contributed by atoms with van der Waals surface area (Å²) >= 11 is 0. The van der Waals surface area contributed by atoms with Gasteiger partial charge in [-0.3, -0.25) is 9.59 Å². The van der Waals surface area contributed by atoms with E-state index in [1.807, 2.05) is 17.0 Å². The topological polar surface area (TPSA) is 66.8 Å². The zero-order valence-corrected chi connectivity index (χ0v) is 15.8. The van der Waals surface area contributed by atoms with E-state index in [0.29, 0.717) is 30.3 Å². The van der Waals surface area contributed by atoms with E-state index < -0.39 is 0 Å². The molecule has 0 atom stereocenters. The number of aromatic hydroxyl groups is 1. The van der Waals surface area contributed by atoms with E-state index in [2.05, 4.69) is 0 Å². The predicted molar refractivity (Wildman–Crippen MR) is 103 cm³/mol. The minimum Gasteiger partial charge on any atom is -0.508 e. The Labute approximate surface area is 159 Å². The molecule has 2 aromatic carbocycles. The average Bonchev–Trinajstić information content (AvgIpc) is 2.68. The van der Waals surface area contributed by atoms with Gasteiger partial charge in [0.05, 0.1) is 13.5 Å². The number of ketones is 1. The third-order valence-electron chi connectivity index (χ3n) is 5.24. The molecule has 1 N–H and O–H groups in total. The van der Waals surface area contributed by atoms with Crippen LogP contribution in [0.15, 0.2) is 42.5 Å². The van der Waals surface area contributed by atoms with Gasteiger partial charge in [-0.15, -0.1) is 0 Å². The van der Waals surface area contributed by atoms with Gasteiger partial charge in [0, 0.05) is 24.2 Å². The smallest absolute Gasteiger partial charge is 0.227 e. The predicted octanol–water partition coefficient (Wildman–Crippen LogP) is 3.55. The summed E-state index contributed by atoms with van der Waals surface area (Å²) in [6.07, 6.45) is 2.04. The van der Waals surface area contributed by atoms with Crippen LogP contribution in [0.2, 0.25) is 0 Å². The maximum atomic E-state index is 12.8. The van der Waals surface area contributed by atoms with Crippen molar-refractivity contribution in [1.29, 1.82) is 0 Å². The van der Waals surface area contributed by atoms with Gasteiger partial charge in [0.15, 0.2) is 5.78 Å². The quantitative estimate of drug-likeness (QED) is 0.821. The number of nitrogens with zero attached hydrogens (tertiary/aromatic N) is 1. The van der Waals surface area contributed by atoms with Crippen molar-refractivity contribution in [3.8, 4) is 11.5 Å². The molecule has 1 heterocycles. The summed E-state index contributed by atoms with van der Waals surface area (Å²) in [5, 5.41) is 9.42. The molecule has 0 radical (unpaired) electrons. The molecule has 0 saturated carbocycles. The van der Waals surface area contributed by atoms with Crippen LogP contribution < -0.4 is 4.74 Å². The van der Waals surface area contributed by atoms with Crippen LogP contribution in [0, 0.1) is 0 Å². The van der Waals surface area contributed by atoms with Gasteiger partial charge >= 0.3 is 0 Å². The first-order valence-electron chi connectivity index (χ1n) is 9.22. The largest absolute Gasteiger partial charge is 0.508 e. The summed E-state index contributed by atoms with van der Waals surface area (Å²) in [4.78, 5) is 26.3. The van der Waals surface area contributed by atoms with E-state index in [0.717, 1.165) is 18.4 Å². The second kappa shape index (κ2) is 8.25. The van der Waals surface area contributed by atoms with E-state index in [1.54, 1.807) is 37.4 Å². The Morgan fingerprint density at radius 3 is 2.37 bits per heavy atom. The number of likely N-dealkylation sites (tertiary alicyclic amines) is 1. The highest BCUT2D eigenvalue weighted by atomic mass is 16.5. The van der Waals surface area contributed by atoms with Gasteiger partial charge in [-0.1, -0.05) is 12.1 Å². The van der Waals surface area contributed by atoms with Crippen molar-refractivity contribution in [3.63, 3.8) is 0 Å². The molecule has 142 valence electrons. The molecule has 1 aliphatic heterocycles. The summed E-state index contributed by atoms with van der Waals surface area (Å²) in [7, 11) is 1.57. The summed E-state index contributed by atoms with van der Waals surface area (Å²) in [5.74, 6) is 1.34. The molecule has 0 unspecified atom stereocenters. The van der Waals surface area contributed by atoms with Crippen molar-refractivity contribution in [2.24, 2.45) is 0 Å². The Kier molecular flexibility index (Phi) is 5.79. The van der Waals surface area contributed by atoms with Gasteiger partial charge < -0.3 is 14.7 Å². The number of phenolic OH excluding ortho intramolecular Hbond substituents is 1. The highest BCUT2D eigenvalue weighted by Gasteiger charge is 2.24. The van der Waals surface area contributed by atoms with Crippen molar-refractivity contribution >= 4 is 11.7 Å². The number of rotatable bonds is 5. The fraction of sp³-hybridized carbons (Fsp3) is 0.364. The maximum Gasteiger partial charge on any atom is 0.227 e. The van der Waals surface area contributed by atoms with Crippen LogP contribution in [-0.4, -0.2) is 41.9 Å². The average molecular weight is 367 g/mol. The van der Waals surface area contributed by atoms with E-state index in [1.165, 1.54) is 12.5 Å². The van der Waals surface area contributed by atoms with Crippen molar-refractivity contribution in [3.05, 3.63) is 59.2 Å². The first-order valence-corrected chi connectivity index (χ1v) is 9.22. The molecule has 0 aromatic heterocycles. The number of piperidine rings is 1. The van der Waals surface area contributed by atoms with Gasteiger partial charge in [0.25, 0.3) is 0 Å². The zero-order valence-electron chi connectivity index (χ0n) is 15.8. The third kappa shape index (κ3) is 4.48. The molecule has 5 heteroatoms. The normalized spacial score (nSPS) is 14.8. The number of benzene rings is 2. The van der Waals surface area contributed by atoms with Crippen LogP contribution in [0.5, 0.6) is 11.5 Å². The van der Waals surface area contributed by atoms with Crippen LogP contribution in [-0.2, 0) is 11.2 Å². The Bertz CT molecular complexity index is 821. The molecule has 27 heavy (non-hydrogen) atoms. The van der Waals surface area contributed by atoms with Crippen molar-refractivity contribution < 1.29 is 19.4 Å². The molecular formula is C22H25NO4. The van der Waals surface area contributed by atoms with Gasteiger partial charge in [0.2, 0.25) is 5.91 Å². The standard InChI is InChI=1S/C22H25NO4/c1-15(24)18-5-8-21(27-2)19(13-18)14-22(26)23-11-9-17(10-12-23)16-3-6-20(25)7-4-16/h3-8,13,17,25H,9-12,14H2,1-2H3. The number of phenols is 1. The fourth-order valence-electron chi connectivity index (χ4n) is 3.62. The SMILES string of the molecule is COc1ccc(C(C)=O)cc1CC(=O)N1CCC(c2ccc(O)cc2)CC1. The zero-order chi connectivity index (χ0) is 19.4. The van der Waals surface area contributed by atoms with Crippen LogP contribution in [0.3, 0.4) is 0 Å². The summed E-state index contributed by atoms with van der Waals surface area (Å²) in [6, 6.07) is 12.5. The minimum absolute atomic E-state index is 0.0268. The van der Waals surface area contributed by atoms with Crippen molar-refractivity contribution in [2.45, 2.75) is 32.1 Å². The molecule has 5 nitrogen and oxygen atoms in total. The first kappa shape index (κ1) is 19.0. The second-order valence-corrected chi connectivity index (χ2v) is 7.01. The van der Waals surface area contributed by atoms with Crippen LogP contribution in [0.4, 0.5) is 0 Å². The number of ether oxygens (including phenoxy) is 1. The number of carbonyl (C=O) groups excluding carboxylic acids is 2. The molecule has 3 rings (SSSR count). The highest BCUT2D eigenvalue weighted by molar-refractivity contribution is 5.94. The summed E-state index contributed by atoms with van der Waals surface area (Å²) in [6.45, 7) is 2.93. The van der Waals surface area contributed by atoms with Gasteiger partial charge in [0.1, 0.15) is 11.5 Å². The van der Waals surface area contributed by atoms with Gasteiger partial charge in [-0.2, -0.15) is 0 Å². The minimum atomic E-state index is -0.0268. The van der Waals surface area contributed by atoms with Crippen LogP contribution >= 0.6 is 0 Å². The van der Waals surface area contributed by atoms with E-state index in [-0.39, 0.29) is 23.9 Å². The molecule has 1 amide bonds. The molecule has 0 bridgehead atoms. The molecule has 0 spiro atoms. The van der Waals surface area contributed by atoms with E-state index in [9.17, 15) is 14.7 Å². The van der Waals surface area contributed by atoms with E-state index in [4.69, 9.17) is 4.74 Å². The van der Waals surface area contributed by atoms with E-state index >= 15 is 0 Å². The summed E-state index contributed by atoms with van der Waals surface area (Å²) < 4.78 is 5.35. The van der Waals surface area contributed by atoms with Gasteiger partial charge in [-0.05, 0) is 61.6 Å². The lowest BCUT2D eigenvalue weighted by Crippen LogP contribution is -2.38. The van der Waals surface area contributed by atoms with Gasteiger partial charge in [-0.25, -0.2) is 0 Å². The number of Topliss-reactive ketones (excluding diaryl/α,β-unsaturated/α-hetero) is 1. The fourth-order valence-corrected chi connectivity index (χ4v) is 3.62.